The number of unbranched alkanes of at least 4 members (excludes halogenated alkanes) is 63. The molecule has 2 saturated heterocycles. The standard InChI is InChI=1S/C62H108FNO10.C53H100FNO8/c1-2-3-4-5-6-7-8-20-23-26-29-35-40-52(65)56(68)51(45-73-60-59(71)58(70)57(69)53(74-60)46-72-55(67)43-42-50-38-33-32-34-39-50)64-54(66)41-36-30-27-24-21-18-16-14-12-10-9-11-13-15-17-19-22-25-28-31-37-44-61-47-62(63,48-61)49-61;1-2-3-4-5-6-7-8-18-21-24-27-30-33-36-45(57)44(40-62-51-50(61)49(60)48(59)46(39-56)63-51)55-47(58)37-34-31-28-25-22-19-16-14-12-10-9-11-13-15-17-20-23-26-29-32-35-38-52-41-53(54,42-52)43-52/h32-34,38-39,51-53,56-60,65,68-71H,2-31,35-37,40-49H2,1H3,(H,64,66);44-46,48-51,56-57,59-61H,2-43H2,1H3,(H,55,58)/t51-,52+,53+,56-,57-,58-,59+,60-,61?,62?;44-,45+,46+,48-,49-,50+,51-,52?,53?/m00/s1. The van der Waals surface area contributed by atoms with Gasteiger partial charge in [0.05, 0.1) is 44.1 Å². The first-order chi connectivity index (χ1) is 66.6. The number of ether oxygens (including phenoxy) is 5. The summed E-state index contributed by atoms with van der Waals surface area (Å²) in [7, 11) is 0. The number of halogens is 2. The summed E-state index contributed by atoms with van der Waals surface area (Å²) >= 11 is 0. The minimum atomic E-state index is -1.67. The van der Waals surface area contributed by atoms with Crippen LogP contribution in [0.4, 0.5) is 8.78 Å². The molecule has 6 aliphatic carbocycles. The van der Waals surface area contributed by atoms with Gasteiger partial charge in [0.2, 0.25) is 11.8 Å². The molecule has 0 radical (unpaired) electrons. The first kappa shape index (κ1) is 123. The Hall–Kier alpha value is -3.07. The molecule has 1 aromatic rings. The van der Waals surface area contributed by atoms with Crippen molar-refractivity contribution in [1.29, 1.82) is 0 Å². The minimum absolute atomic E-state index is 0.106. The zero-order valence-corrected chi connectivity index (χ0v) is 87.1. The molecule has 137 heavy (non-hydrogen) atoms. The number of aliphatic hydroxyl groups is 10. The van der Waals surface area contributed by atoms with Gasteiger partial charge in [0.15, 0.2) is 12.6 Å². The molecule has 22 heteroatoms. The molecular formula is C115H208F2N2O18. The lowest BCUT2D eigenvalue weighted by molar-refractivity contribution is -0.303. The van der Waals surface area contributed by atoms with Crippen LogP contribution in [-0.2, 0) is 44.5 Å². The highest BCUT2D eigenvalue weighted by Gasteiger charge is 2.69. The van der Waals surface area contributed by atoms with Gasteiger partial charge in [-0.1, -0.05) is 462 Å². The second-order valence-corrected chi connectivity index (χ2v) is 44.4. The van der Waals surface area contributed by atoms with Gasteiger partial charge < -0.3 is 85.4 Å². The van der Waals surface area contributed by atoms with Gasteiger partial charge in [0.1, 0.15) is 72.9 Å². The first-order valence-electron chi connectivity index (χ1n) is 58.0. The van der Waals surface area contributed by atoms with Crippen LogP contribution in [0, 0.1) is 10.8 Å². The van der Waals surface area contributed by atoms with E-state index < -0.39 is 116 Å². The van der Waals surface area contributed by atoms with Gasteiger partial charge in [-0.3, -0.25) is 14.4 Å². The summed E-state index contributed by atoms with van der Waals surface area (Å²) in [6.45, 7) is 3.08. The Morgan fingerprint density at radius 3 is 0.949 bits per heavy atom. The predicted octanol–water partition coefficient (Wildman–Crippen LogP) is 25.1. The van der Waals surface area contributed by atoms with Crippen molar-refractivity contribution in [3.05, 3.63) is 35.9 Å². The molecule has 15 atom stereocenters. The number of alkyl halides is 2. The molecule has 12 N–H and O–H groups in total. The van der Waals surface area contributed by atoms with Crippen LogP contribution in [0.25, 0.3) is 0 Å². The minimum Gasteiger partial charge on any atom is -0.463 e. The fraction of sp³-hybridized carbons (Fsp3) is 0.922. The van der Waals surface area contributed by atoms with Crippen molar-refractivity contribution < 1.29 is 97.9 Å². The van der Waals surface area contributed by atoms with Crippen molar-refractivity contribution >= 4 is 17.8 Å². The van der Waals surface area contributed by atoms with E-state index in [1.54, 1.807) is 0 Å². The smallest absolute Gasteiger partial charge is 0.306 e. The van der Waals surface area contributed by atoms with E-state index in [2.05, 4.69) is 24.5 Å². The summed E-state index contributed by atoms with van der Waals surface area (Å²) in [4.78, 5) is 38.8. The molecule has 8 fully saturated rings. The predicted molar refractivity (Wildman–Crippen MR) is 549 cm³/mol. The molecule has 4 bridgehead atoms. The van der Waals surface area contributed by atoms with Gasteiger partial charge in [-0.2, -0.15) is 0 Å². The molecule has 6 saturated carbocycles. The Morgan fingerprint density at radius 2 is 0.628 bits per heavy atom. The lowest BCUT2D eigenvalue weighted by Crippen LogP contribution is -2.64. The van der Waals surface area contributed by atoms with E-state index in [-0.39, 0.29) is 44.5 Å². The van der Waals surface area contributed by atoms with E-state index in [1.807, 2.05) is 30.3 Å². The molecule has 0 aromatic heterocycles. The Balaban J connectivity index is 0.000000426. The fourth-order valence-corrected chi connectivity index (χ4v) is 22.7. The van der Waals surface area contributed by atoms with Crippen LogP contribution in [0.3, 0.4) is 0 Å². The molecule has 8 aliphatic rings. The first-order valence-corrected chi connectivity index (χ1v) is 58.0. The van der Waals surface area contributed by atoms with Crippen molar-refractivity contribution in [2.24, 2.45) is 10.8 Å². The Labute approximate surface area is 832 Å². The third-order valence-electron chi connectivity index (χ3n) is 31.6. The number of hydrogen-bond acceptors (Lipinski definition) is 18. The summed E-state index contributed by atoms with van der Waals surface area (Å²) in [6, 6.07) is 7.74. The zero-order valence-electron chi connectivity index (χ0n) is 87.1. The van der Waals surface area contributed by atoms with E-state index in [4.69, 9.17) is 23.7 Å². The highest BCUT2D eigenvalue weighted by Crippen LogP contribution is 2.72. The lowest BCUT2D eigenvalue weighted by atomic mass is 9.41. The zero-order chi connectivity index (χ0) is 98.6. The van der Waals surface area contributed by atoms with Crippen LogP contribution in [0.15, 0.2) is 30.3 Å². The van der Waals surface area contributed by atoms with Gasteiger partial charge in [-0.25, -0.2) is 8.78 Å². The number of benzene rings is 1. The van der Waals surface area contributed by atoms with Crippen LogP contribution >= 0.6 is 0 Å². The van der Waals surface area contributed by atoms with E-state index in [0.717, 1.165) is 128 Å². The lowest BCUT2D eigenvalue weighted by Gasteiger charge is -2.66. The molecule has 2 heterocycles. The molecule has 2 amide bonds. The Kier molecular flexibility index (Phi) is 67.7. The monoisotopic (exact) mass is 1940 g/mol. The maximum atomic E-state index is 13.7. The molecule has 2 aliphatic heterocycles. The highest BCUT2D eigenvalue weighted by molar-refractivity contribution is 5.76. The van der Waals surface area contributed by atoms with Crippen LogP contribution in [0.1, 0.15) is 533 Å². The average Bonchev–Trinajstić information content (AvgIpc) is 0.697. The summed E-state index contributed by atoms with van der Waals surface area (Å²) < 4.78 is 55.7. The number of hydrogen-bond donors (Lipinski definition) is 12. The quantitative estimate of drug-likeness (QED) is 0.0213. The summed E-state index contributed by atoms with van der Waals surface area (Å²) in [6.07, 6.45) is 75.8. The molecule has 20 nitrogen and oxygen atoms in total. The summed E-state index contributed by atoms with van der Waals surface area (Å²) in [5.74, 6) is -0.930. The average molecular weight is 1940 g/mol. The molecule has 1 aromatic carbocycles. The molecule has 0 unspecified atom stereocenters. The molecule has 0 spiro atoms. The number of carbonyl (C=O) groups is 3. The SMILES string of the molecule is CCCCCCCCCCCCCCC[C@@H](O)[C@H](CO[C@H]1O[C@H](CO)[C@H](O)[C@H](O)[C@H]1O)NC(=O)CCCCCCCCCCCCCCCCCCCCCCCC12CC(F)(C1)C2.CCCCCCCCCCCCCC[C@@H](O)[C@@H](O)[C@H](CO[C@H]1O[C@H](COC(=O)CCc2ccccc2)[C@H](O)[C@H](O)[C@H]1O)NC(=O)CCCCCCCCCCCCCCCCCCCCCCCC12CC(F)(C1)C2. The Bertz CT molecular complexity index is 3030. The number of amides is 2. The normalized spacial score (nSPS) is 25.3. The second-order valence-electron chi connectivity index (χ2n) is 44.4. The second kappa shape index (κ2) is 75.6. The van der Waals surface area contributed by atoms with Crippen molar-refractivity contribution in [3.8, 4) is 0 Å². The van der Waals surface area contributed by atoms with Gasteiger partial charge >= 0.3 is 5.97 Å². The van der Waals surface area contributed by atoms with E-state index >= 15 is 0 Å². The van der Waals surface area contributed by atoms with Crippen molar-refractivity contribution in [2.75, 3.05) is 26.4 Å². The third-order valence-corrected chi connectivity index (χ3v) is 31.6. The van der Waals surface area contributed by atoms with Crippen molar-refractivity contribution in [2.45, 2.75) is 637 Å². The highest BCUT2D eigenvalue weighted by atomic mass is 19.1. The Morgan fingerprint density at radius 1 is 0.350 bits per heavy atom. The van der Waals surface area contributed by atoms with Gasteiger partial charge in [0.25, 0.3) is 0 Å². The number of nitrogens with one attached hydrogen (secondary N) is 2. The fourth-order valence-electron chi connectivity index (χ4n) is 22.7. The number of aryl methyl sites for hydroxylation is 1. The van der Waals surface area contributed by atoms with Crippen LogP contribution in [-0.4, -0.2) is 198 Å². The van der Waals surface area contributed by atoms with Gasteiger partial charge in [0, 0.05) is 19.3 Å². The maximum Gasteiger partial charge on any atom is 0.306 e. The van der Waals surface area contributed by atoms with E-state index in [9.17, 15) is 74.2 Å². The maximum absolute atomic E-state index is 13.7. The molecular weight excluding hydrogens is 1740 g/mol. The van der Waals surface area contributed by atoms with Gasteiger partial charge in [-0.05, 0) is 99.9 Å². The van der Waals surface area contributed by atoms with E-state index in [1.165, 1.54) is 353 Å². The topological polar surface area (TPSA) is 324 Å². The number of esters is 1. The summed E-state index contributed by atoms with van der Waals surface area (Å²) in [5, 5.41) is 112. The number of carbonyl (C=O) groups excluding carboxylic acids is 3. The van der Waals surface area contributed by atoms with Gasteiger partial charge in [-0.15, -0.1) is 0 Å². The largest absolute Gasteiger partial charge is 0.463 e. The molecule has 9 rings (SSSR count). The number of rotatable bonds is 92. The van der Waals surface area contributed by atoms with Crippen LogP contribution < -0.4 is 10.6 Å². The molecule has 800 valence electrons. The van der Waals surface area contributed by atoms with Crippen LogP contribution in [0.2, 0.25) is 0 Å². The van der Waals surface area contributed by atoms with Crippen LogP contribution in [0.5, 0.6) is 0 Å². The number of aliphatic hydroxyl groups excluding tert-OH is 10. The van der Waals surface area contributed by atoms with E-state index in [0.29, 0.717) is 42.9 Å². The summed E-state index contributed by atoms with van der Waals surface area (Å²) in [5.41, 5.74) is 0.396. The van der Waals surface area contributed by atoms with Crippen molar-refractivity contribution in [1.82, 2.24) is 10.6 Å². The van der Waals surface area contributed by atoms with Crippen molar-refractivity contribution in [3.63, 3.8) is 0 Å². The third kappa shape index (κ3) is 53.7.